The minimum atomic E-state index is -3.51. The van der Waals surface area contributed by atoms with Crippen molar-refractivity contribution in [1.29, 1.82) is 0 Å². The largest absolute Gasteiger partial charge is 0.348 e. The first-order valence-electron chi connectivity index (χ1n) is 7.48. The molecule has 0 aliphatic carbocycles. The topological polar surface area (TPSA) is 90.0 Å². The number of fused-ring (bicyclic) bond motifs is 1. The lowest BCUT2D eigenvalue weighted by atomic mass is 10.1. The molecule has 1 amide bonds. The molecule has 0 bridgehead atoms. The van der Waals surface area contributed by atoms with Crippen molar-refractivity contribution in [1.82, 2.24) is 14.8 Å². The van der Waals surface area contributed by atoms with Gasteiger partial charge in [-0.15, -0.1) is 0 Å². The summed E-state index contributed by atoms with van der Waals surface area (Å²) >= 11 is 0. The number of amides is 1. The first-order valence-corrected chi connectivity index (χ1v) is 7.48. The number of aryl methyl sites for hydroxylation is 1. The number of halogens is 3. The first kappa shape index (κ1) is 17.6. The van der Waals surface area contributed by atoms with E-state index in [4.69, 9.17) is 4.52 Å². The molecule has 0 saturated carbocycles. The molecule has 7 nitrogen and oxygen atoms in total. The minimum absolute atomic E-state index is 0.101. The van der Waals surface area contributed by atoms with Crippen LogP contribution in [0.3, 0.4) is 0 Å². The number of hydrogen-bond donors (Lipinski definition) is 1. The van der Waals surface area contributed by atoms with E-state index >= 15 is 0 Å². The molecule has 0 spiro atoms. The molecule has 2 aromatic heterocycles. The first-order chi connectivity index (χ1) is 12.2. The Bertz CT molecular complexity index is 1040. The summed E-state index contributed by atoms with van der Waals surface area (Å²) in [5.41, 5.74) is 1.24. The number of nitrogens with one attached hydrogen (secondary N) is 1. The van der Waals surface area contributed by atoms with Crippen LogP contribution in [0, 0.1) is 12.7 Å². The summed E-state index contributed by atoms with van der Waals surface area (Å²) in [5.74, 6) is -5.70. The molecule has 3 rings (SSSR count). The maximum absolute atomic E-state index is 13.9. The molecule has 0 radical (unpaired) electrons. The standard InChI is InChI=1S/C16H13F3N4O3/c1-8-12-13(26-22-8)14(25)23(15(20-12)16(2,18)19)21-11(24)7-9-3-5-10(17)6-4-9/h3-6H,7H2,1-2H3,(H,21,24). The van der Waals surface area contributed by atoms with E-state index in [0.717, 1.165) is 12.1 Å². The zero-order valence-corrected chi connectivity index (χ0v) is 13.7. The lowest BCUT2D eigenvalue weighted by Gasteiger charge is -2.17. The van der Waals surface area contributed by atoms with Crippen molar-refractivity contribution >= 4 is 17.0 Å². The van der Waals surface area contributed by atoms with Crippen LogP contribution in [0.25, 0.3) is 11.1 Å². The van der Waals surface area contributed by atoms with E-state index < -0.39 is 29.0 Å². The van der Waals surface area contributed by atoms with Crippen LogP contribution in [0.1, 0.15) is 24.0 Å². The van der Waals surface area contributed by atoms with Gasteiger partial charge in [0.1, 0.15) is 17.0 Å². The van der Waals surface area contributed by atoms with Gasteiger partial charge in [0.05, 0.1) is 6.42 Å². The highest BCUT2D eigenvalue weighted by molar-refractivity contribution is 5.86. The van der Waals surface area contributed by atoms with Crippen molar-refractivity contribution in [3.63, 3.8) is 0 Å². The third-order valence-corrected chi connectivity index (χ3v) is 3.57. The Morgan fingerprint density at radius 3 is 2.58 bits per heavy atom. The number of hydrogen-bond acceptors (Lipinski definition) is 5. The van der Waals surface area contributed by atoms with E-state index in [0.29, 0.717) is 17.2 Å². The molecule has 0 aliphatic rings. The van der Waals surface area contributed by atoms with Crippen molar-refractivity contribution in [2.24, 2.45) is 0 Å². The summed E-state index contributed by atoms with van der Waals surface area (Å²) < 4.78 is 45.9. The van der Waals surface area contributed by atoms with Gasteiger partial charge in [0.15, 0.2) is 0 Å². The van der Waals surface area contributed by atoms with Gasteiger partial charge in [0.2, 0.25) is 11.7 Å². The Morgan fingerprint density at radius 2 is 1.96 bits per heavy atom. The summed E-state index contributed by atoms with van der Waals surface area (Å²) in [6.07, 6.45) is -0.255. The monoisotopic (exact) mass is 366 g/mol. The molecule has 0 unspecified atom stereocenters. The third-order valence-electron chi connectivity index (χ3n) is 3.57. The van der Waals surface area contributed by atoms with Crippen LogP contribution in [-0.2, 0) is 17.1 Å². The molecule has 0 fully saturated rings. The molecule has 0 saturated heterocycles. The molecular formula is C16H13F3N4O3. The maximum atomic E-state index is 13.9. The fourth-order valence-electron chi connectivity index (χ4n) is 2.34. The number of aromatic nitrogens is 3. The van der Waals surface area contributed by atoms with E-state index in [1.54, 1.807) is 0 Å². The summed E-state index contributed by atoms with van der Waals surface area (Å²) in [4.78, 5) is 28.3. The van der Waals surface area contributed by atoms with Gasteiger partial charge in [-0.1, -0.05) is 17.3 Å². The number of carbonyl (C=O) groups is 1. The molecule has 2 heterocycles. The van der Waals surface area contributed by atoms with E-state index in [9.17, 15) is 22.8 Å². The maximum Gasteiger partial charge on any atom is 0.319 e. The Balaban J connectivity index is 2.00. The SMILES string of the molecule is Cc1noc2c(=O)n(NC(=O)Cc3ccc(F)cc3)c(C(C)(F)F)nc12. The van der Waals surface area contributed by atoms with Crippen molar-refractivity contribution in [3.05, 3.63) is 57.5 Å². The number of carbonyl (C=O) groups excluding carboxylic acids is 1. The van der Waals surface area contributed by atoms with Gasteiger partial charge in [-0.2, -0.15) is 13.5 Å². The number of benzene rings is 1. The summed E-state index contributed by atoms with van der Waals surface area (Å²) in [6.45, 7) is 2.00. The third kappa shape index (κ3) is 3.30. The molecule has 26 heavy (non-hydrogen) atoms. The van der Waals surface area contributed by atoms with Crippen LogP contribution in [0.2, 0.25) is 0 Å². The second kappa shape index (κ2) is 6.28. The minimum Gasteiger partial charge on any atom is -0.348 e. The van der Waals surface area contributed by atoms with E-state index in [-0.39, 0.29) is 23.2 Å². The van der Waals surface area contributed by atoms with Crippen molar-refractivity contribution in [2.45, 2.75) is 26.2 Å². The molecular weight excluding hydrogens is 353 g/mol. The van der Waals surface area contributed by atoms with Gasteiger partial charge >= 0.3 is 11.5 Å². The van der Waals surface area contributed by atoms with Gasteiger partial charge in [-0.3, -0.25) is 15.0 Å². The van der Waals surface area contributed by atoms with Gasteiger partial charge in [-0.25, -0.2) is 9.37 Å². The zero-order valence-electron chi connectivity index (χ0n) is 13.7. The Morgan fingerprint density at radius 1 is 1.31 bits per heavy atom. The Hall–Kier alpha value is -3.17. The molecule has 136 valence electrons. The molecule has 1 aromatic carbocycles. The van der Waals surface area contributed by atoms with Crippen LogP contribution in [0.15, 0.2) is 33.6 Å². The van der Waals surface area contributed by atoms with Crippen LogP contribution < -0.4 is 11.0 Å². The van der Waals surface area contributed by atoms with E-state index in [1.807, 2.05) is 0 Å². The molecule has 0 aliphatic heterocycles. The fourth-order valence-corrected chi connectivity index (χ4v) is 2.34. The van der Waals surface area contributed by atoms with Crippen molar-refractivity contribution in [2.75, 3.05) is 5.43 Å². The average molecular weight is 366 g/mol. The fraction of sp³-hybridized carbons (Fsp3) is 0.250. The quantitative estimate of drug-likeness (QED) is 0.765. The predicted molar refractivity (Wildman–Crippen MR) is 84.8 cm³/mol. The number of nitrogens with zero attached hydrogens (tertiary/aromatic N) is 3. The zero-order chi connectivity index (χ0) is 19.1. The second-order valence-corrected chi connectivity index (χ2v) is 5.75. The highest BCUT2D eigenvalue weighted by Gasteiger charge is 2.33. The van der Waals surface area contributed by atoms with Crippen molar-refractivity contribution in [3.8, 4) is 0 Å². The number of rotatable bonds is 4. The highest BCUT2D eigenvalue weighted by atomic mass is 19.3. The van der Waals surface area contributed by atoms with Crippen molar-refractivity contribution < 1.29 is 22.5 Å². The predicted octanol–water partition coefficient (Wildman–Crippen LogP) is 2.26. The number of alkyl halides is 2. The Kier molecular flexibility index (Phi) is 4.26. The van der Waals surface area contributed by atoms with E-state index in [2.05, 4.69) is 15.6 Å². The summed E-state index contributed by atoms with van der Waals surface area (Å²) in [6, 6.07) is 5.05. The summed E-state index contributed by atoms with van der Waals surface area (Å²) in [5, 5.41) is 3.53. The Labute approximate surface area is 144 Å². The van der Waals surface area contributed by atoms with Gasteiger partial charge in [0.25, 0.3) is 5.58 Å². The normalized spacial score (nSPS) is 11.7. The molecule has 1 N–H and O–H groups in total. The highest BCUT2D eigenvalue weighted by Crippen LogP contribution is 2.25. The molecule has 0 atom stereocenters. The molecule has 10 heteroatoms. The summed E-state index contributed by atoms with van der Waals surface area (Å²) in [7, 11) is 0. The smallest absolute Gasteiger partial charge is 0.319 e. The second-order valence-electron chi connectivity index (χ2n) is 5.75. The van der Waals surface area contributed by atoms with Gasteiger partial charge < -0.3 is 4.52 Å². The molecule has 3 aromatic rings. The van der Waals surface area contributed by atoms with Crippen LogP contribution in [0.4, 0.5) is 13.2 Å². The van der Waals surface area contributed by atoms with Crippen LogP contribution in [0.5, 0.6) is 0 Å². The lowest BCUT2D eigenvalue weighted by Crippen LogP contribution is -2.39. The van der Waals surface area contributed by atoms with Gasteiger partial charge in [-0.05, 0) is 24.6 Å². The van der Waals surface area contributed by atoms with Gasteiger partial charge in [0, 0.05) is 6.92 Å². The van der Waals surface area contributed by atoms with E-state index in [1.165, 1.54) is 19.1 Å². The van der Waals surface area contributed by atoms with Crippen LogP contribution >= 0.6 is 0 Å². The lowest BCUT2D eigenvalue weighted by molar-refractivity contribution is -0.116. The van der Waals surface area contributed by atoms with Crippen LogP contribution in [-0.4, -0.2) is 20.7 Å². The average Bonchev–Trinajstić information content (AvgIpc) is 2.92.